The van der Waals surface area contributed by atoms with Gasteiger partial charge in [-0.2, -0.15) is 10.5 Å². The Bertz CT molecular complexity index is 741. The van der Waals surface area contributed by atoms with Crippen LogP contribution in [0.2, 0.25) is 0 Å². The molecule has 0 fully saturated rings. The van der Waals surface area contributed by atoms with Crippen LogP contribution in [0.1, 0.15) is 10.4 Å². The van der Waals surface area contributed by atoms with Gasteiger partial charge in [0.15, 0.2) is 0 Å². The van der Waals surface area contributed by atoms with Crippen LogP contribution < -0.4 is 5.32 Å². The van der Waals surface area contributed by atoms with Crippen LogP contribution in [0, 0.1) is 22.7 Å². The van der Waals surface area contributed by atoms with Crippen molar-refractivity contribution in [2.45, 2.75) is 0 Å². The lowest BCUT2D eigenvalue weighted by Crippen LogP contribution is -2.32. The van der Waals surface area contributed by atoms with E-state index in [0.717, 1.165) is 0 Å². The van der Waals surface area contributed by atoms with Crippen molar-refractivity contribution in [1.29, 1.82) is 10.5 Å². The number of amides is 1. The second-order valence-electron chi connectivity index (χ2n) is 4.30. The largest absolute Gasteiger partial charge is 0.373 e. The highest BCUT2D eigenvalue weighted by molar-refractivity contribution is 6.07. The van der Waals surface area contributed by atoms with E-state index in [1.165, 1.54) is 4.90 Å². The van der Waals surface area contributed by atoms with Crippen molar-refractivity contribution in [2.75, 3.05) is 25.5 Å². The third-order valence-corrected chi connectivity index (χ3v) is 3.01. The fraction of sp³-hybridized carbons (Fsp3) is 0.200. The smallest absolute Gasteiger partial charge is 0.256 e. The van der Waals surface area contributed by atoms with Crippen molar-refractivity contribution in [3.05, 3.63) is 35.9 Å². The zero-order chi connectivity index (χ0) is 15.2. The highest BCUT2D eigenvalue weighted by Gasteiger charge is 2.19. The van der Waals surface area contributed by atoms with Crippen LogP contribution in [0.5, 0.6) is 0 Å². The first kappa shape index (κ1) is 14.3. The van der Waals surface area contributed by atoms with Gasteiger partial charge in [0.2, 0.25) is 0 Å². The van der Waals surface area contributed by atoms with Gasteiger partial charge in [-0.05, 0) is 12.1 Å². The van der Waals surface area contributed by atoms with E-state index < -0.39 is 0 Å². The van der Waals surface area contributed by atoms with Crippen molar-refractivity contribution in [2.24, 2.45) is 0 Å². The van der Waals surface area contributed by atoms with Crippen molar-refractivity contribution in [1.82, 2.24) is 9.88 Å². The minimum Gasteiger partial charge on any atom is -0.373 e. The molecule has 1 aromatic heterocycles. The van der Waals surface area contributed by atoms with E-state index >= 15 is 0 Å². The molecule has 1 amide bonds. The first-order valence-electron chi connectivity index (χ1n) is 6.32. The molecule has 1 heterocycles. The fourth-order valence-electron chi connectivity index (χ4n) is 2.02. The Balaban J connectivity index is 2.56. The molecule has 0 spiro atoms. The molecule has 0 unspecified atom stereocenters. The Morgan fingerprint density at radius 3 is 2.57 bits per heavy atom. The van der Waals surface area contributed by atoms with Gasteiger partial charge in [0.05, 0.1) is 23.2 Å². The molecular weight excluding hydrogens is 266 g/mol. The number of hydrogen-bond acceptors (Lipinski definition) is 5. The summed E-state index contributed by atoms with van der Waals surface area (Å²) in [5, 5.41) is 21.2. The average molecular weight is 279 g/mol. The third-order valence-electron chi connectivity index (χ3n) is 3.01. The van der Waals surface area contributed by atoms with Crippen LogP contribution in [-0.4, -0.2) is 35.9 Å². The molecule has 6 nitrogen and oxygen atoms in total. The number of pyridine rings is 1. The lowest BCUT2D eigenvalue weighted by atomic mass is 10.1. The van der Waals surface area contributed by atoms with Crippen molar-refractivity contribution in [3.63, 3.8) is 0 Å². The van der Waals surface area contributed by atoms with Crippen LogP contribution in [0.25, 0.3) is 10.9 Å². The molecule has 21 heavy (non-hydrogen) atoms. The summed E-state index contributed by atoms with van der Waals surface area (Å²) >= 11 is 0. The first-order valence-corrected chi connectivity index (χ1v) is 6.32. The Morgan fingerprint density at radius 1 is 1.29 bits per heavy atom. The molecule has 2 rings (SSSR count). The fourth-order valence-corrected chi connectivity index (χ4v) is 2.02. The SMILES string of the molecule is CNc1cc(C(=O)N(CC#N)CC#N)c2ccccc2n1. The van der Waals surface area contributed by atoms with Gasteiger partial charge < -0.3 is 10.2 Å². The maximum absolute atomic E-state index is 12.6. The van der Waals surface area contributed by atoms with E-state index in [1.807, 2.05) is 30.3 Å². The number of rotatable bonds is 4. The van der Waals surface area contributed by atoms with Crippen LogP contribution in [-0.2, 0) is 0 Å². The number of carbonyl (C=O) groups is 1. The molecule has 0 bridgehead atoms. The monoisotopic (exact) mass is 279 g/mol. The van der Waals surface area contributed by atoms with Gasteiger partial charge in [-0.3, -0.25) is 4.79 Å². The molecule has 0 saturated carbocycles. The number of para-hydroxylation sites is 1. The standard InChI is InChI=1S/C15H13N5O/c1-18-14-10-12(11-4-2-3-5-13(11)19-14)15(21)20(8-6-16)9-7-17/h2-5,10H,8-9H2,1H3,(H,18,19). The Hall–Kier alpha value is -3.12. The summed E-state index contributed by atoms with van der Waals surface area (Å²) in [5.74, 6) is 0.208. The van der Waals surface area contributed by atoms with Crippen molar-refractivity contribution in [3.8, 4) is 12.1 Å². The summed E-state index contributed by atoms with van der Waals surface area (Å²) in [5.41, 5.74) is 1.11. The summed E-state index contributed by atoms with van der Waals surface area (Å²) < 4.78 is 0. The number of aromatic nitrogens is 1. The third kappa shape index (κ3) is 2.90. The summed E-state index contributed by atoms with van der Waals surface area (Å²) in [6, 6.07) is 12.7. The van der Waals surface area contributed by atoms with Gasteiger partial charge in [-0.25, -0.2) is 4.98 Å². The van der Waals surface area contributed by atoms with E-state index in [4.69, 9.17) is 10.5 Å². The molecule has 0 atom stereocenters. The van der Waals surface area contributed by atoms with E-state index in [0.29, 0.717) is 22.3 Å². The maximum atomic E-state index is 12.6. The highest BCUT2D eigenvalue weighted by atomic mass is 16.2. The van der Waals surface area contributed by atoms with Gasteiger partial charge in [0.25, 0.3) is 5.91 Å². The van der Waals surface area contributed by atoms with Crippen LogP contribution >= 0.6 is 0 Å². The number of carbonyl (C=O) groups excluding carboxylic acids is 1. The van der Waals surface area contributed by atoms with Crippen molar-refractivity contribution < 1.29 is 4.79 Å². The number of nitrogens with zero attached hydrogens (tertiary/aromatic N) is 4. The molecule has 1 aromatic carbocycles. The number of nitriles is 2. The molecule has 104 valence electrons. The lowest BCUT2D eigenvalue weighted by molar-refractivity contribution is 0.0796. The minimum atomic E-state index is -0.354. The summed E-state index contributed by atoms with van der Waals surface area (Å²) in [6.07, 6.45) is 0. The van der Waals surface area contributed by atoms with Gasteiger partial charge in [-0.15, -0.1) is 0 Å². The predicted molar refractivity (Wildman–Crippen MR) is 78.4 cm³/mol. The summed E-state index contributed by atoms with van der Waals surface area (Å²) in [7, 11) is 1.72. The predicted octanol–water partition coefficient (Wildman–Crippen LogP) is 1.77. The summed E-state index contributed by atoms with van der Waals surface area (Å²) in [6.45, 7) is -0.254. The minimum absolute atomic E-state index is 0.127. The van der Waals surface area contributed by atoms with Gasteiger partial charge in [0, 0.05) is 12.4 Å². The number of hydrogen-bond donors (Lipinski definition) is 1. The highest BCUT2D eigenvalue weighted by Crippen LogP contribution is 2.22. The zero-order valence-corrected chi connectivity index (χ0v) is 11.5. The second kappa shape index (κ2) is 6.36. The average Bonchev–Trinajstić information content (AvgIpc) is 2.53. The van der Waals surface area contributed by atoms with E-state index in [2.05, 4.69) is 10.3 Å². The summed E-state index contributed by atoms with van der Waals surface area (Å²) in [4.78, 5) is 18.2. The van der Waals surface area contributed by atoms with E-state index in [1.54, 1.807) is 19.2 Å². The van der Waals surface area contributed by atoms with E-state index in [9.17, 15) is 4.79 Å². The first-order chi connectivity index (χ1) is 10.2. The Morgan fingerprint density at radius 2 is 1.95 bits per heavy atom. The van der Waals surface area contributed by atoms with Crippen LogP contribution in [0.15, 0.2) is 30.3 Å². The lowest BCUT2D eigenvalue weighted by Gasteiger charge is -2.17. The molecule has 0 radical (unpaired) electrons. The molecule has 0 saturated heterocycles. The van der Waals surface area contributed by atoms with Crippen LogP contribution in [0.4, 0.5) is 5.82 Å². The van der Waals surface area contributed by atoms with Gasteiger partial charge in [-0.1, -0.05) is 18.2 Å². The number of nitrogens with one attached hydrogen (secondary N) is 1. The molecular formula is C15H13N5O. The normalized spacial score (nSPS) is 9.67. The topological polar surface area (TPSA) is 92.8 Å². The molecule has 2 aromatic rings. The molecule has 1 N–H and O–H groups in total. The molecule has 0 aliphatic rings. The molecule has 6 heteroatoms. The zero-order valence-electron chi connectivity index (χ0n) is 11.5. The van der Waals surface area contributed by atoms with Gasteiger partial charge >= 0.3 is 0 Å². The molecule has 0 aliphatic carbocycles. The number of benzene rings is 1. The number of fused-ring (bicyclic) bond motifs is 1. The quantitative estimate of drug-likeness (QED) is 0.861. The van der Waals surface area contributed by atoms with Crippen LogP contribution in [0.3, 0.4) is 0 Å². The number of anilines is 1. The maximum Gasteiger partial charge on any atom is 0.256 e. The van der Waals surface area contributed by atoms with E-state index in [-0.39, 0.29) is 19.0 Å². The molecule has 0 aliphatic heterocycles. The second-order valence-corrected chi connectivity index (χ2v) is 4.30. The Labute approximate surface area is 122 Å². The van der Waals surface area contributed by atoms with Crippen molar-refractivity contribution >= 4 is 22.6 Å². The Kier molecular flexibility index (Phi) is 4.33. The van der Waals surface area contributed by atoms with Gasteiger partial charge in [0.1, 0.15) is 18.9 Å².